The molecule has 0 fully saturated rings. The Hall–Kier alpha value is -2.04. The van der Waals surface area contributed by atoms with E-state index in [-0.39, 0.29) is 17.9 Å². The first kappa shape index (κ1) is 12.0. The number of nitrogens with two attached hydrogens (primary N) is 1. The maximum absolute atomic E-state index is 11.4. The van der Waals surface area contributed by atoms with Crippen molar-refractivity contribution in [3.05, 3.63) is 27.9 Å². The highest BCUT2D eigenvalue weighted by molar-refractivity contribution is 5.74. The molecule has 0 aliphatic heterocycles. The molecule has 0 bridgehead atoms. The van der Waals surface area contributed by atoms with Crippen LogP contribution in [0.4, 0.5) is 5.69 Å². The Morgan fingerprint density at radius 1 is 1.50 bits per heavy atom. The lowest BCUT2D eigenvalue weighted by Crippen LogP contribution is -2.11. The van der Waals surface area contributed by atoms with Crippen LogP contribution in [0.1, 0.15) is 18.9 Å². The van der Waals surface area contributed by atoms with Gasteiger partial charge in [-0.05, 0) is 24.6 Å². The lowest BCUT2D eigenvalue weighted by atomic mass is 10.3. The molecule has 0 amide bonds. The molecule has 0 saturated heterocycles. The molecule has 0 aromatic heterocycles. The van der Waals surface area contributed by atoms with E-state index in [1.165, 1.54) is 12.1 Å². The van der Waals surface area contributed by atoms with E-state index in [1.807, 2.05) is 0 Å². The fourth-order valence-electron chi connectivity index (χ4n) is 1.14. The first-order valence-electron chi connectivity index (χ1n) is 4.79. The summed E-state index contributed by atoms with van der Waals surface area (Å²) in [6.07, 6.45) is 0.178. The van der Waals surface area contributed by atoms with Crippen LogP contribution >= 0.6 is 0 Å². The fourth-order valence-corrected chi connectivity index (χ4v) is 1.14. The first-order valence-corrected chi connectivity index (χ1v) is 4.79. The van der Waals surface area contributed by atoms with Crippen LogP contribution in [0.2, 0.25) is 0 Å². The third-order valence-electron chi connectivity index (χ3n) is 1.98. The summed E-state index contributed by atoms with van der Waals surface area (Å²) < 4.78 is 4.90. The predicted octanol–water partition coefficient (Wildman–Crippen LogP) is 0.958. The summed E-state index contributed by atoms with van der Waals surface area (Å²) in [6, 6.07) is 2.70. The molecule has 0 aliphatic carbocycles. The van der Waals surface area contributed by atoms with Crippen molar-refractivity contribution < 1.29 is 14.6 Å². The van der Waals surface area contributed by atoms with Gasteiger partial charge in [0.15, 0.2) is 11.5 Å². The van der Waals surface area contributed by atoms with Crippen molar-refractivity contribution in [2.45, 2.75) is 20.3 Å². The average Bonchev–Trinajstić information content (AvgIpc) is 2.32. The van der Waals surface area contributed by atoms with E-state index in [2.05, 4.69) is 0 Å². The summed E-state index contributed by atoms with van der Waals surface area (Å²) in [5.41, 5.74) is 5.05. The summed E-state index contributed by atoms with van der Waals surface area (Å²) in [5, 5.41) is 9.32. The van der Waals surface area contributed by atoms with E-state index >= 15 is 0 Å². The molecule has 5 nitrogen and oxygen atoms in total. The van der Waals surface area contributed by atoms with Crippen molar-refractivity contribution in [1.29, 1.82) is 0 Å². The summed E-state index contributed by atoms with van der Waals surface area (Å²) in [4.78, 5) is 22.5. The van der Waals surface area contributed by atoms with Gasteiger partial charge < -0.3 is 15.6 Å². The highest BCUT2D eigenvalue weighted by Gasteiger charge is 2.10. The fraction of sp³-hybridized carbons (Fsp3) is 0.273. The van der Waals surface area contributed by atoms with Gasteiger partial charge in [-0.15, -0.1) is 0 Å². The number of aromatic hydroxyl groups is 1. The molecule has 0 unspecified atom stereocenters. The number of ether oxygens (including phenoxy) is 1. The number of nitrogen functional groups attached to an aromatic ring is 1. The Morgan fingerprint density at radius 3 is 2.69 bits per heavy atom. The number of carbonyl (C=O) groups is 1. The number of rotatable bonds is 2. The summed E-state index contributed by atoms with van der Waals surface area (Å²) in [6.45, 7) is 3.28. The highest BCUT2D eigenvalue weighted by Crippen LogP contribution is 2.21. The van der Waals surface area contributed by atoms with E-state index in [0.717, 1.165) is 0 Å². The Kier molecular flexibility index (Phi) is 3.50. The molecule has 0 heterocycles. The van der Waals surface area contributed by atoms with E-state index in [4.69, 9.17) is 10.5 Å². The van der Waals surface area contributed by atoms with E-state index < -0.39 is 17.1 Å². The van der Waals surface area contributed by atoms with Gasteiger partial charge in [0, 0.05) is 6.42 Å². The molecule has 1 aromatic rings. The molecule has 1 aromatic carbocycles. The van der Waals surface area contributed by atoms with Gasteiger partial charge >= 0.3 is 5.97 Å². The number of carbonyl (C=O) groups excluding carboxylic acids is 1. The van der Waals surface area contributed by atoms with Gasteiger partial charge in [-0.2, -0.15) is 0 Å². The topological polar surface area (TPSA) is 89.6 Å². The number of hydrogen-bond acceptors (Lipinski definition) is 5. The van der Waals surface area contributed by atoms with E-state index in [1.54, 1.807) is 13.8 Å². The minimum atomic E-state index is -0.744. The van der Waals surface area contributed by atoms with Crippen molar-refractivity contribution in [2.24, 2.45) is 0 Å². The number of esters is 1. The van der Waals surface area contributed by atoms with Crippen molar-refractivity contribution in [3.63, 3.8) is 0 Å². The Morgan fingerprint density at radius 2 is 2.12 bits per heavy atom. The molecule has 3 N–H and O–H groups in total. The summed E-state index contributed by atoms with van der Waals surface area (Å²) >= 11 is 0. The maximum Gasteiger partial charge on any atom is 0.310 e. The van der Waals surface area contributed by atoms with Gasteiger partial charge in [0.2, 0.25) is 5.43 Å². The number of hydrogen-bond donors (Lipinski definition) is 2. The molecular weight excluding hydrogens is 210 g/mol. The molecule has 0 aliphatic rings. The summed E-state index contributed by atoms with van der Waals surface area (Å²) in [7, 11) is 0. The minimum absolute atomic E-state index is 0.0188. The van der Waals surface area contributed by atoms with Crippen LogP contribution in [-0.2, 0) is 4.79 Å². The van der Waals surface area contributed by atoms with Gasteiger partial charge in [0.05, 0.1) is 0 Å². The van der Waals surface area contributed by atoms with Crippen LogP contribution in [-0.4, -0.2) is 11.1 Å². The van der Waals surface area contributed by atoms with Gasteiger partial charge in [-0.1, -0.05) is 6.92 Å². The highest BCUT2D eigenvalue weighted by atomic mass is 16.5. The van der Waals surface area contributed by atoms with Gasteiger partial charge in [-0.3, -0.25) is 9.59 Å². The molecule has 1 rings (SSSR count). The molecule has 5 heteroatoms. The van der Waals surface area contributed by atoms with Crippen molar-refractivity contribution in [1.82, 2.24) is 0 Å². The molecule has 0 atom stereocenters. The van der Waals surface area contributed by atoms with Crippen molar-refractivity contribution in [3.8, 4) is 11.5 Å². The molecule has 86 valence electrons. The lowest BCUT2D eigenvalue weighted by Gasteiger charge is -2.02. The molecule has 0 saturated carbocycles. The van der Waals surface area contributed by atoms with Crippen LogP contribution in [0, 0.1) is 6.92 Å². The second kappa shape index (κ2) is 4.65. The van der Waals surface area contributed by atoms with Crippen LogP contribution in [0.25, 0.3) is 0 Å². The van der Waals surface area contributed by atoms with Gasteiger partial charge in [0.25, 0.3) is 0 Å². The van der Waals surface area contributed by atoms with Crippen molar-refractivity contribution in [2.75, 3.05) is 5.73 Å². The van der Waals surface area contributed by atoms with Crippen LogP contribution < -0.4 is 15.9 Å². The zero-order chi connectivity index (χ0) is 12.3. The average molecular weight is 223 g/mol. The van der Waals surface area contributed by atoms with E-state index in [0.29, 0.717) is 5.56 Å². The SMILES string of the molecule is CCC(=O)Oc1cc(C)cc(O)c(=O)c1N. The molecule has 0 spiro atoms. The molecule has 16 heavy (non-hydrogen) atoms. The lowest BCUT2D eigenvalue weighted by molar-refractivity contribution is -0.133. The Balaban J connectivity index is 3.36. The molecular formula is C11H13NO4. The Labute approximate surface area is 92.5 Å². The van der Waals surface area contributed by atoms with Crippen LogP contribution in [0.15, 0.2) is 16.9 Å². The number of anilines is 1. The second-order valence-corrected chi connectivity index (χ2v) is 3.35. The summed E-state index contributed by atoms with van der Waals surface area (Å²) in [5.74, 6) is -0.973. The third-order valence-corrected chi connectivity index (χ3v) is 1.98. The van der Waals surface area contributed by atoms with Crippen LogP contribution in [0.5, 0.6) is 11.5 Å². The monoisotopic (exact) mass is 223 g/mol. The largest absolute Gasteiger partial charge is 0.504 e. The smallest absolute Gasteiger partial charge is 0.310 e. The third kappa shape index (κ3) is 2.50. The minimum Gasteiger partial charge on any atom is -0.504 e. The normalized spacial score (nSPS) is 9.88. The second-order valence-electron chi connectivity index (χ2n) is 3.35. The maximum atomic E-state index is 11.4. The Bertz CT molecular complexity index is 482. The standard InChI is InChI=1S/C11H13NO4/c1-3-9(14)16-8-5-6(2)4-7(13)11(15)10(8)12/h4-5H,3H2,1-2H3,(H3,12,13,15). The zero-order valence-corrected chi connectivity index (χ0v) is 9.11. The quantitative estimate of drug-likeness (QED) is 0.729. The van der Waals surface area contributed by atoms with Gasteiger partial charge in [0.1, 0.15) is 5.69 Å². The van der Waals surface area contributed by atoms with E-state index in [9.17, 15) is 14.7 Å². The van der Waals surface area contributed by atoms with Crippen molar-refractivity contribution >= 4 is 11.7 Å². The molecule has 0 radical (unpaired) electrons. The zero-order valence-electron chi connectivity index (χ0n) is 9.11. The van der Waals surface area contributed by atoms with Crippen LogP contribution in [0.3, 0.4) is 0 Å². The number of aryl methyl sites for hydroxylation is 1. The predicted molar refractivity (Wildman–Crippen MR) is 59.5 cm³/mol. The first-order chi connectivity index (χ1) is 7.45. The van der Waals surface area contributed by atoms with Gasteiger partial charge in [-0.25, -0.2) is 0 Å².